The second-order valence-electron chi connectivity index (χ2n) is 3.91. The van der Waals surface area contributed by atoms with Crippen molar-refractivity contribution < 1.29 is 4.74 Å². The predicted octanol–water partition coefficient (Wildman–Crippen LogP) is 3.01. The number of methoxy groups -OCH3 is 1. The van der Waals surface area contributed by atoms with Gasteiger partial charge in [-0.15, -0.1) is 0 Å². The third-order valence-electron chi connectivity index (χ3n) is 2.52. The van der Waals surface area contributed by atoms with Gasteiger partial charge in [0.1, 0.15) is 5.75 Å². The molecule has 0 radical (unpaired) electrons. The maximum absolute atomic E-state index is 5.17. The Balaban J connectivity index is 1.99. The molecule has 2 rings (SSSR count). The number of rotatable bonds is 4. The highest BCUT2D eigenvalue weighted by Gasteiger charge is 1.97. The van der Waals surface area contributed by atoms with Gasteiger partial charge in [-0.1, -0.05) is 12.1 Å². The van der Waals surface area contributed by atoms with Crippen LogP contribution in [-0.4, -0.2) is 12.1 Å². The van der Waals surface area contributed by atoms with Crippen molar-refractivity contribution in [3.63, 3.8) is 0 Å². The Morgan fingerprint density at radius 3 is 2.82 bits per heavy atom. The molecule has 0 unspecified atom stereocenters. The molecule has 0 spiro atoms. The van der Waals surface area contributed by atoms with Crippen LogP contribution >= 0.6 is 0 Å². The maximum atomic E-state index is 5.17. The minimum Gasteiger partial charge on any atom is -0.497 e. The average molecular weight is 228 g/mol. The molecule has 0 aliphatic heterocycles. The Kier molecular flexibility index (Phi) is 3.60. The van der Waals surface area contributed by atoms with Gasteiger partial charge in [-0.25, -0.2) is 0 Å². The molecule has 0 atom stereocenters. The van der Waals surface area contributed by atoms with Crippen molar-refractivity contribution in [2.45, 2.75) is 13.5 Å². The van der Waals surface area contributed by atoms with Crippen molar-refractivity contribution in [2.75, 3.05) is 12.4 Å². The minimum absolute atomic E-state index is 0.716. The molecule has 1 aromatic heterocycles. The molecule has 3 heteroatoms. The number of anilines is 1. The van der Waals surface area contributed by atoms with E-state index >= 15 is 0 Å². The van der Waals surface area contributed by atoms with Crippen LogP contribution in [0.5, 0.6) is 5.75 Å². The molecule has 1 heterocycles. The first-order valence-corrected chi connectivity index (χ1v) is 5.57. The molecule has 0 saturated heterocycles. The van der Waals surface area contributed by atoms with Gasteiger partial charge in [-0.05, 0) is 30.7 Å². The predicted molar refractivity (Wildman–Crippen MR) is 69.3 cm³/mol. The van der Waals surface area contributed by atoms with E-state index in [1.165, 1.54) is 5.56 Å². The number of hydrogen-bond donors (Lipinski definition) is 1. The van der Waals surface area contributed by atoms with Crippen molar-refractivity contribution in [2.24, 2.45) is 0 Å². The van der Waals surface area contributed by atoms with E-state index in [9.17, 15) is 0 Å². The first kappa shape index (κ1) is 11.5. The smallest absolute Gasteiger partial charge is 0.120 e. The number of nitrogens with one attached hydrogen (secondary N) is 1. The third-order valence-corrected chi connectivity index (χ3v) is 2.52. The molecular formula is C14H16N2O. The van der Waals surface area contributed by atoms with Crippen LogP contribution in [0.2, 0.25) is 0 Å². The summed E-state index contributed by atoms with van der Waals surface area (Å²) < 4.78 is 5.17. The minimum atomic E-state index is 0.716. The highest BCUT2D eigenvalue weighted by molar-refractivity contribution is 5.48. The molecule has 88 valence electrons. The van der Waals surface area contributed by atoms with Crippen LogP contribution in [-0.2, 0) is 6.54 Å². The number of aromatic nitrogens is 1. The molecule has 3 nitrogen and oxygen atoms in total. The van der Waals surface area contributed by atoms with Gasteiger partial charge >= 0.3 is 0 Å². The summed E-state index contributed by atoms with van der Waals surface area (Å²) in [6, 6.07) is 12.0. The quantitative estimate of drug-likeness (QED) is 0.873. The Labute approximate surface area is 101 Å². The maximum Gasteiger partial charge on any atom is 0.120 e. The Morgan fingerprint density at radius 2 is 2.12 bits per heavy atom. The van der Waals surface area contributed by atoms with Crippen molar-refractivity contribution in [3.05, 3.63) is 53.9 Å². The normalized spacial score (nSPS) is 10.0. The molecule has 2 aromatic rings. The zero-order chi connectivity index (χ0) is 12.1. The van der Waals surface area contributed by atoms with E-state index in [-0.39, 0.29) is 0 Å². The van der Waals surface area contributed by atoms with Gasteiger partial charge in [0.25, 0.3) is 0 Å². The highest BCUT2D eigenvalue weighted by atomic mass is 16.5. The number of pyridine rings is 1. The zero-order valence-corrected chi connectivity index (χ0v) is 10.1. The largest absolute Gasteiger partial charge is 0.497 e. The monoisotopic (exact) mass is 228 g/mol. The summed E-state index contributed by atoms with van der Waals surface area (Å²) in [5.41, 5.74) is 3.24. The van der Waals surface area contributed by atoms with Crippen molar-refractivity contribution in [1.82, 2.24) is 4.98 Å². The lowest BCUT2D eigenvalue weighted by molar-refractivity contribution is 0.415. The summed E-state index contributed by atoms with van der Waals surface area (Å²) in [6.07, 6.45) is 1.88. The molecule has 1 aromatic carbocycles. The summed E-state index contributed by atoms with van der Waals surface area (Å²) >= 11 is 0. The van der Waals surface area contributed by atoms with Crippen molar-refractivity contribution in [1.29, 1.82) is 0 Å². The first-order valence-electron chi connectivity index (χ1n) is 5.57. The van der Waals surface area contributed by atoms with Crippen molar-refractivity contribution >= 4 is 5.69 Å². The van der Waals surface area contributed by atoms with E-state index in [2.05, 4.69) is 16.4 Å². The number of benzene rings is 1. The van der Waals surface area contributed by atoms with Crippen LogP contribution < -0.4 is 10.1 Å². The summed E-state index contributed by atoms with van der Waals surface area (Å²) in [4.78, 5) is 4.34. The van der Waals surface area contributed by atoms with E-state index < -0.39 is 0 Å². The Bertz CT molecular complexity index is 480. The lowest BCUT2D eigenvalue weighted by Gasteiger charge is -2.07. The summed E-state index contributed by atoms with van der Waals surface area (Å²) in [6.45, 7) is 2.75. The van der Waals surface area contributed by atoms with Crippen molar-refractivity contribution in [3.8, 4) is 5.75 Å². The van der Waals surface area contributed by atoms with Gasteiger partial charge in [0.2, 0.25) is 0 Å². The summed E-state index contributed by atoms with van der Waals surface area (Å²) in [5, 5.41) is 3.31. The lowest BCUT2D eigenvalue weighted by atomic mass is 10.2. The van der Waals surface area contributed by atoms with Crippen LogP contribution in [0, 0.1) is 6.92 Å². The van der Waals surface area contributed by atoms with Crippen LogP contribution in [0.4, 0.5) is 5.69 Å². The molecule has 0 bridgehead atoms. The van der Waals surface area contributed by atoms with E-state index in [0.29, 0.717) is 6.54 Å². The van der Waals surface area contributed by atoms with Crippen LogP contribution in [0.3, 0.4) is 0 Å². The first-order chi connectivity index (χ1) is 8.28. The molecule has 0 aliphatic rings. The second kappa shape index (κ2) is 5.34. The highest BCUT2D eigenvalue weighted by Crippen LogP contribution is 2.17. The van der Waals surface area contributed by atoms with Gasteiger partial charge in [-0.2, -0.15) is 0 Å². The number of ether oxygens (including phenoxy) is 1. The number of nitrogens with zero attached hydrogens (tertiary/aromatic N) is 1. The average Bonchev–Trinajstić information content (AvgIpc) is 2.38. The molecule has 17 heavy (non-hydrogen) atoms. The fraction of sp³-hybridized carbons (Fsp3) is 0.214. The summed E-state index contributed by atoms with van der Waals surface area (Å²) in [5.74, 6) is 0.854. The fourth-order valence-electron chi connectivity index (χ4n) is 1.53. The topological polar surface area (TPSA) is 34.1 Å². The van der Waals surface area contributed by atoms with E-state index in [1.54, 1.807) is 7.11 Å². The molecule has 0 aliphatic carbocycles. The molecule has 1 N–H and O–H groups in total. The van der Waals surface area contributed by atoms with Gasteiger partial charge in [0.05, 0.1) is 19.3 Å². The third kappa shape index (κ3) is 3.21. The van der Waals surface area contributed by atoms with Crippen LogP contribution in [0.1, 0.15) is 11.3 Å². The second-order valence-corrected chi connectivity index (χ2v) is 3.91. The fourth-order valence-corrected chi connectivity index (χ4v) is 1.53. The molecule has 0 saturated carbocycles. The van der Waals surface area contributed by atoms with Gasteiger partial charge in [0, 0.05) is 18.0 Å². The number of hydrogen-bond acceptors (Lipinski definition) is 3. The van der Waals surface area contributed by atoms with E-state index in [0.717, 1.165) is 17.1 Å². The summed E-state index contributed by atoms with van der Waals surface area (Å²) in [7, 11) is 1.67. The standard InChI is InChI=1S/C14H16N2O/c1-11-6-7-13(15-9-11)10-16-12-4-3-5-14(8-12)17-2/h3-9,16H,10H2,1-2H3. The van der Waals surface area contributed by atoms with Gasteiger partial charge in [-0.3, -0.25) is 4.98 Å². The van der Waals surface area contributed by atoms with Gasteiger partial charge in [0.15, 0.2) is 0 Å². The van der Waals surface area contributed by atoms with Crippen LogP contribution in [0.25, 0.3) is 0 Å². The SMILES string of the molecule is COc1cccc(NCc2ccc(C)cn2)c1. The lowest BCUT2D eigenvalue weighted by Crippen LogP contribution is -2.01. The van der Waals surface area contributed by atoms with Crippen LogP contribution in [0.15, 0.2) is 42.6 Å². The zero-order valence-electron chi connectivity index (χ0n) is 10.1. The van der Waals surface area contributed by atoms with E-state index in [1.807, 2.05) is 43.5 Å². The molecular weight excluding hydrogens is 212 g/mol. The number of aryl methyl sites for hydroxylation is 1. The Morgan fingerprint density at radius 1 is 1.24 bits per heavy atom. The van der Waals surface area contributed by atoms with E-state index in [4.69, 9.17) is 4.74 Å². The molecule has 0 fully saturated rings. The van der Waals surface area contributed by atoms with Gasteiger partial charge < -0.3 is 10.1 Å². The molecule has 0 amide bonds. The Hall–Kier alpha value is -2.03.